The highest BCUT2D eigenvalue weighted by Gasteiger charge is 2.23. The van der Waals surface area contributed by atoms with Crippen LogP contribution >= 0.6 is 23.2 Å². The fourth-order valence-corrected chi connectivity index (χ4v) is 4.45. The van der Waals surface area contributed by atoms with Gasteiger partial charge in [-0.1, -0.05) is 73.4 Å². The molecule has 0 saturated heterocycles. The SMILES string of the molecule is CCc1ccc(C(=O)c2ccc(CC)cc2-c2ccc(Cl)nc2OC)c(-c2ccc(Cl)nc2OC)c1. The van der Waals surface area contributed by atoms with E-state index in [9.17, 15) is 4.79 Å². The van der Waals surface area contributed by atoms with Gasteiger partial charge in [-0.25, -0.2) is 9.97 Å². The maximum Gasteiger partial charge on any atom is 0.222 e. The lowest BCUT2D eigenvalue weighted by Gasteiger charge is -2.17. The van der Waals surface area contributed by atoms with Crippen molar-refractivity contribution in [3.8, 4) is 34.0 Å². The van der Waals surface area contributed by atoms with E-state index in [0.717, 1.165) is 35.1 Å². The van der Waals surface area contributed by atoms with E-state index in [4.69, 9.17) is 32.7 Å². The lowest BCUT2D eigenvalue weighted by atomic mass is 9.88. The Labute approximate surface area is 221 Å². The lowest BCUT2D eigenvalue weighted by Crippen LogP contribution is -2.08. The van der Waals surface area contributed by atoms with E-state index in [-0.39, 0.29) is 5.78 Å². The standard InChI is InChI=1S/C29H26Cl2N2O3/c1-5-17-7-9-19(23(15-17)21-11-13-25(30)32-28(21)35-3)27(34)20-10-8-18(6-2)16-24(20)22-12-14-26(31)33-29(22)36-4/h7-16H,5-6H2,1-4H3. The number of carbonyl (C=O) groups is 1. The summed E-state index contributed by atoms with van der Waals surface area (Å²) in [5.41, 5.74) is 6.07. The number of nitrogens with zero attached hydrogens (tertiary/aromatic N) is 2. The summed E-state index contributed by atoms with van der Waals surface area (Å²) < 4.78 is 11.0. The molecule has 5 nitrogen and oxygen atoms in total. The molecule has 36 heavy (non-hydrogen) atoms. The van der Waals surface area contributed by atoms with Gasteiger partial charge in [0.25, 0.3) is 0 Å². The molecule has 0 atom stereocenters. The van der Waals surface area contributed by atoms with Gasteiger partial charge in [0.1, 0.15) is 10.3 Å². The van der Waals surface area contributed by atoms with Crippen LogP contribution in [0, 0.1) is 0 Å². The second kappa shape index (κ2) is 11.1. The summed E-state index contributed by atoms with van der Waals surface area (Å²) in [4.78, 5) is 22.8. The summed E-state index contributed by atoms with van der Waals surface area (Å²) in [6.07, 6.45) is 1.63. The minimum Gasteiger partial charge on any atom is -0.481 e. The van der Waals surface area contributed by atoms with Crippen LogP contribution in [0.5, 0.6) is 11.8 Å². The van der Waals surface area contributed by atoms with Gasteiger partial charge in [0.2, 0.25) is 11.8 Å². The fraction of sp³-hybridized carbons (Fsp3) is 0.207. The highest BCUT2D eigenvalue weighted by atomic mass is 35.5. The van der Waals surface area contributed by atoms with E-state index >= 15 is 0 Å². The maximum atomic E-state index is 14.2. The molecule has 2 heterocycles. The number of halogens is 2. The molecular formula is C29H26Cl2N2O3. The molecule has 0 spiro atoms. The Kier molecular flexibility index (Phi) is 7.92. The summed E-state index contributed by atoms with van der Waals surface area (Å²) in [5, 5.41) is 0.629. The number of methoxy groups -OCH3 is 2. The second-order valence-electron chi connectivity index (χ2n) is 8.18. The number of carbonyl (C=O) groups excluding carboxylic acids is 1. The fourth-order valence-electron chi connectivity index (χ4n) is 4.17. The first-order chi connectivity index (χ1) is 17.4. The molecule has 2 aromatic carbocycles. The molecule has 184 valence electrons. The van der Waals surface area contributed by atoms with E-state index in [0.29, 0.717) is 44.3 Å². The van der Waals surface area contributed by atoms with Crippen LogP contribution in [-0.4, -0.2) is 30.0 Å². The third-order valence-electron chi connectivity index (χ3n) is 6.09. The summed E-state index contributed by atoms with van der Waals surface area (Å²) in [5.74, 6) is 0.573. The Bertz CT molecular complexity index is 1330. The molecule has 0 aliphatic heterocycles. The zero-order valence-corrected chi connectivity index (χ0v) is 22.1. The summed E-state index contributed by atoms with van der Waals surface area (Å²) in [7, 11) is 3.07. The molecule has 0 unspecified atom stereocenters. The molecule has 7 heteroatoms. The number of rotatable bonds is 8. The van der Waals surface area contributed by atoms with Gasteiger partial charge in [-0.15, -0.1) is 0 Å². The van der Waals surface area contributed by atoms with Gasteiger partial charge in [0.15, 0.2) is 5.78 Å². The normalized spacial score (nSPS) is 10.8. The highest BCUT2D eigenvalue weighted by molar-refractivity contribution is 6.30. The van der Waals surface area contributed by atoms with Crippen molar-refractivity contribution in [1.82, 2.24) is 9.97 Å². The van der Waals surface area contributed by atoms with Gasteiger partial charge >= 0.3 is 0 Å². The minimum absolute atomic E-state index is 0.140. The van der Waals surface area contributed by atoms with Crippen molar-refractivity contribution >= 4 is 29.0 Å². The molecule has 0 aliphatic rings. The molecule has 0 aliphatic carbocycles. The molecule has 2 aromatic heterocycles. The molecule has 0 fully saturated rings. The average Bonchev–Trinajstić information content (AvgIpc) is 2.91. The Morgan fingerprint density at radius 3 is 1.44 bits per heavy atom. The van der Waals surface area contributed by atoms with Crippen molar-refractivity contribution in [3.63, 3.8) is 0 Å². The van der Waals surface area contributed by atoms with Crippen LogP contribution in [0.4, 0.5) is 0 Å². The third kappa shape index (κ3) is 5.08. The number of hydrogen-bond acceptors (Lipinski definition) is 5. The van der Waals surface area contributed by atoms with E-state index < -0.39 is 0 Å². The summed E-state index contributed by atoms with van der Waals surface area (Å²) in [6, 6.07) is 18.7. The molecule has 0 N–H and O–H groups in total. The van der Waals surface area contributed by atoms with E-state index in [1.807, 2.05) is 48.5 Å². The van der Waals surface area contributed by atoms with Crippen LogP contribution in [0.25, 0.3) is 22.3 Å². The van der Waals surface area contributed by atoms with Crippen LogP contribution in [0.1, 0.15) is 40.9 Å². The number of benzene rings is 2. The molecule has 0 saturated carbocycles. The van der Waals surface area contributed by atoms with Crippen LogP contribution in [0.15, 0.2) is 60.7 Å². The number of pyridine rings is 2. The molecular weight excluding hydrogens is 495 g/mol. The number of ether oxygens (including phenoxy) is 2. The first kappa shape index (κ1) is 25.7. The van der Waals surface area contributed by atoms with Crippen molar-refractivity contribution in [2.75, 3.05) is 14.2 Å². The monoisotopic (exact) mass is 520 g/mol. The van der Waals surface area contributed by atoms with Crippen molar-refractivity contribution in [2.24, 2.45) is 0 Å². The van der Waals surface area contributed by atoms with Crippen molar-refractivity contribution < 1.29 is 14.3 Å². The zero-order valence-electron chi connectivity index (χ0n) is 20.6. The van der Waals surface area contributed by atoms with Gasteiger partial charge in [0, 0.05) is 22.3 Å². The molecule has 4 aromatic rings. The third-order valence-corrected chi connectivity index (χ3v) is 6.51. The Morgan fingerprint density at radius 2 is 1.08 bits per heavy atom. The predicted molar refractivity (Wildman–Crippen MR) is 145 cm³/mol. The van der Waals surface area contributed by atoms with E-state index in [2.05, 4.69) is 23.8 Å². The highest BCUT2D eigenvalue weighted by Crippen LogP contribution is 2.38. The van der Waals surface area contributed by atoms with Crippen molar-refractivity contribution in [2.45, 2.75) is 26.7 Å². The van der Waals surface area contributed by atoms with Crippen LogP contribution in [0.2, 0.25) is 10.3 Å². The quantitative estimate of drug-likeness (QED) is 0.178. The minimum atomic E-state index is -0.140. The smallest absolute Gasteiger partial charge is 0.222 e. The van der Waals surface area contributed by atoms with Gasteiger partial charge in [-0.05, 0) is 59.4 Å². The summed E-state index contributed by atoms with van der Waals surface area (Å²) >= 11 is 12.2. The van der Waals surface area contributed by atoms with Gasteiger partial charge < -0.3 is 9.47 Å². The van der Waals surface area contributed by atoms with Crippen LogP contribution in [-0.2, 0) is 12.8 Å². The average molecular weight is 521 g/mol. The maximum absolute atomic E-state index is 14.2. The van der Waals surface area contributed by atoms with Crippen LogP contribution in [0.3, 0.4) is 0 Å². The van der Waals surface area contributed by atoms with Gasteiger partial charge in [-0.2, -0.15) is 0 Å². The zero-order chi connectivity index (χ0) is 25.8. The van der Waals surface area contributed by atoms with E-state index in [1.54, 1.807) is 12.1 Å². The van der Waals surface area contributed by atoms with Crippen LogP contribution < -0.4 is 9.47 Å². The topological polar surface area (TPSA) is 61.3 Å². The molecule has 0 amide bonds. The summed E-state index contributed by atoms with van der Waals surface area (Å²) in [6.45, 7) is 4.14. The Balaban J connectivity index is 1.95. The Hall–Kier alpha value is -3.41. The number of hydrogen-bond donors (Lipinski definition) is 0. The molecule has 0 bridgehead atoms. The lowest BCUT2D eigenvalue weighted by molar-refractivity contribution is 0.104. The number of aromatic nitrogens is 2. The molecule has 0 radical (unpaired) electrons. The first-order valence-electron chi connectivity index (χ1n) is 11.6. The molecule has 4 rings (SSSR count). The predicted octanol–water partition coefficient (Wildman–Crippen LogP) is 7.49. The van der Waals surface area contributed by atoms with Crippen molar-refractivity contribution in [3.05, 3.63) is 93.2 Å². The first-order valence-corrected chi connectivity index (χ1v) is 12.4. The number of ketones is 1. The Morgan fingerprint density at radius 1 is 0.667 bits per heavy atom. The van der Waals surface area contributed by atoms with E-state index in [1.165, 1.54) is 14.2 Å². The van der Waals surface area contributed by atoms with Gasteiger partial charge in [0.05, 0.1) is 14.2 Å². The number of aryl methyl sites for hydroxylation is 2. The largest absolute Gasteiger partial charge is 0.481 e. The second-order valence-corrected chi connectivity index (χ2v) is 8.95. The van der Waals surface area contributed by atoms with Gasteiger partial charge in [-0.3, -0.25) is 4.79 Å². The van der Waals surface area contributed by atoms with Crippen molar-refractivity contribution in [1.29, 1.82) is 0 Å².